The third-order valence-corrected chi connectivity index (χ3v) is 14.1. The van der Waals surface area contributed by atoms with Crippen molar-refractivity contribution in [2.24, 2.45) is 0 Å². The monoisotopic (exact) mass is 792 g/mol. The predicted octanol–water partition coefficient (Wildman–Crippen LogP) is 14.4. The van der Waals surface area contributed by atoms with Gasteiger partial charge in [-0.05, 0) is 135 Å². The van der Waals surface area contributed by atoms with Gasteiger partial charge in [0.1, 0.15) is 11.2 Å². The highest BCUT2D eigenvalue weighted by Gasteiger charge is 2.49. The SMILES string of the molecule is Cc1cc2c3c(c1)N(c1ccc(C(C)(C)C)cc1-c1ccccc1)c1c(oc4ccccc14)B3N(c1ccc3c(c1)C(C)(C)CCC3(C)C)c1cc(-c3ccccc3)ccc1-2. The zero-order valence-electron chi connectivity index (χ0n) is 36.7. The molecule has 2 aliphatic heterocycles. The molecule has 1 aromatic heterocycles. The highest BCUT2D eigenvalue weighted by molar-refractivity contribution is 6.93. The first kappa shape index (κ1) is 37.7. The van der Waals surface area contributed by atoms with E-state index in [1.165, 1.54) is 84.6 Å². The molecule has 0 amide bonds. The molecule has 300 valence electrons. The molecule has 61 heavy (non-hydrogen) atoms. The van der Waals surface area contributed by atoms with Gasteiger partial charge < -0.3 is 14.1 Å². The van der Waals surface area contributed by atoms with Crippen LogP contribution >= 0.6 is 0 Å². The first-order valence-corrected chi connectivity index (χ1v) is 22.1. The number of hydrogen-bond donors (Lipinski definition) is 0. The lowest BCUT2D eigenvalue weighted by atomic mass is 9.45. The van der Waals surface area contributed by atoms with Gasteiger partial charge in [0.15, 0.2) is 0 Å². The van der Waals surface area contributed by atoms with Gasteiger partial charge in [-0.3, -0.25) is 0 Å². The van der Waals surface area contributed by atoms with Crippen LogP contribution < -0.4 is 20.8 Å². The molecule has 11 rings (SSSR count). The molecule has 4 heteroatoms. The van der Waals surface area contributed by atoms with Crippen LogP contribution in [0, 0.1) is 6.92 Å². The summed E-state index contributed by atoms with van der Waals surface area (Å²) in [6, 6.07) is 56.8. The molecule has 0 saturated heterocycles. The van der Waals surface area contributed by atoms with E-state index in [-0.39, 0.29) is 23.1 Å². The van der Waals surface area contributed by atoms with E-state index in [1.807, 2.05) is 0 Å². The lowest BCUT2D eigenvalue weighted by Crippen LogP contribution is -2.61. The van der Waals surface area contributed by atoms with Crippen molar-refractivity contribution < 1.29 is 4.42 Å². The Balaban J connectivity index is 1.25. The third-order valence-electron chi connectivity index (χ3n) is 14.1. The van der Waals surface area contributed by atoms with Gasteiger partial charge in [-0.25, -0.2) is 0 Å². The minimum absolute atomic E-state index is 0.0213. The fraction of sp³-hybridized carbons (Fsp3) is 0.228. The molecule has 0 spiro atoms. The van der Waals surface area contributed by atoms with Gasteiger partial charge in [-0.15, -0.1) is 0 Å². The van der Waals surface area contributed by atoms with Crippen molar-refractivity contribution in [1.82, 2.24) is 0 Å². The van der Waals surface area contributed by atoms with E-state index in [0.717, 1.165) is 34.4 Å². The summed E-state index contributed by atoms with van der Waals surface area (Å²) in [7, 11) is 0. The maximum absolute atomic E-state index is 7.33. The third kappa shape index (κ3) is 5.86. The molecule has 0 radical (unpaired) electrons. The van der Waals surface area contributed by atoms with E-state index >= 15 is 0 Å². The Morgan fingerprint density at radius 1 is 0.557 bits per heavy atom. The molecular weight excluding hydrogens is 739 g/mol. The van der Waals surface area contributed by atoms with Crippen LogP contribution in [-0.2, 0) is 16.2 Å². The van der Waals surface area contributed by atoms with Crippen molar-refractivity contribution in [3.05, 3.63) is 174 Å². The number of benzene rings is 7. The highest BCUT2D eigenvalue weighted by Crippen LogP contribution is 2.53. The van der Waals surface area contributed by atoms with Gasteiger partial charge in [0.25, 0.3) is 0 Å². The zero-order chi connectivity index (χ0) is 42.0. The molecule has 3 nitrogen and oxygen atoms in total. The van der Waals surface area contributed by atoms with Crippen molar-refractivity contribution in [1.29, 1.82) is 0 Å². The Kier molecular flexibility index (Phi) is 8.27. The van der Waals surface area contributed by atoms with Gasteiger partial charge in [0.2, 0.25) is 0 Å². The van der Waals surface area contributed by atoms with Crippen LogP contribution in [0.15, 0.2) is 156 Å². The van der Waals surface area contributed by atoms with Crippen molar-refractivity contribution in [2.75, 3.05) is 9.71 Å². The number of fused-ring (bicyclic) bond motifs is 7. The van der Waals surface area contributed by atoms with E-state index in [9.17, 15) is 0 Å². The van der Waals surface area contributed by atoms with Crippen LogP contribution in [0.2, 0.25) is 0 Å². The van der Waals surface area contributed by atoms with E-state index < -0.39 is 0 Å². The average molecular weight is 793 g/mol. The minimum atomic E-state index is -0.227. The van der Waals surface area contributed by atoms with Crippen LogP contribution in [0.1, 0.15) is 83.6 Å². The molecule has 0 N–H and O–H groups in total. The molecule has 3 heterocycles. The quantitative estimate of drug-likeness (QED) is 0.166. The van der Waals surface area contributed by atoms with Gasteiger partial charge in [-0.2, -0.15) is 0 Å². The van der Waals surface area contributed by atoms with Gasteiger partial charge in [-0.1, -0.05) is 152 Å². The summed E-state index contributed by atoms with van der Waals surface area (Å²) in [6.45, 7) is 18.6. The molecule has 0 atom stereocenters. The van der Waals surface area contributed by atoms with Crippen molar-refractivity contribution in [2.45, 2.75) is 84.5 Å². The number of rotatable bonds is 4. The molecule has 0 unspecified atom stereocenters. The first-order valence-electron chi connectivity index (χ1n) is 22.1. The molecule has 3 aliphatic rings. The van der Waals surface area contributed by atoms with Crippen LogP contribution in [-0.4, -0.2) is 6.85 Å². The maximum Gasteiger partial charge on any atom is 0.375 e. The number of aryl methyl sites for hydroxylation is 1. The van der Waals surface area contributed by atoms with Gasteiger partial charge >= 0.3 is 6.85 Å². The lowest BCUT2D eigenvalue weighted by Gasteiger charge is -2.46. The second-order valence-electron chi connectivity index (χ2n) is 20.1. The normalized spacial score (nSPS) is 15.9. The predicted molar refractivity (Wildman–Crippen MR) is 260 cm³/mol. The molecule has 0 bridgehead atoms. The number of nitrogens with zero attached hydrogens (tertiary/aromatic N) is 2. The summed E-state index contributed by atoms with van der Waals surface area (Å²) in [4.78, 5) is 5.17. The summed E-state index contributed by atoms with van der Waals surface area (Å²) >= 11 is 0. The van der Waals surface area contributed by atoms with E-state index in [1.54, 1.807) is 0 Å². The highest BCUT2D eigenvalue weighted by atomic mass is 16.3. The standard InChI is InChI=1S/C57H53BN2O/c1-36-31-45-42-26-23-39(37-17-11-9-12-18-37)33-49(42)60(41-25-27-46-47(35-41)57(7,8)30-29-56(46,5)6)58-52(45)50(32-36)59(53-43-21-15-16-22-51(43)61-54(53)58)48-28-24-40(55(2,3)4)34-44(48)38-19-13-10-14-20-38/h9-28,31-35H,29-30H2,1-8H3. The van der Waals surface area contributed by atoms with Crippen molar-refractivity contribution in [3.8, 4) is 33.4 Å². The molecule has 1 aliphatic carbocycles. The molecule has 7 aromatic carbocycles. The Morgan fingerprint density at radius 3 is 1.98 bits per heavy atom. The molecule has 0 saturated carbocycles. The zero-order valence-corrected chi connectivity index (χ0v) is 36.7. The maximum atomic E-state index is 7.33. The van der Waals surface area contributed by atoms with Crippen LogP contribution in [0.25, 0.3) is 44.3 Å². The van der Waals surface area contributed by atoms with E-state index in [0.29, 0.717) is 0 Å². The second-order valence-corrected chi connectivity index (χ2v) is 20.1. The Hall–Kier alpha value is -6.26. The fourth-order valence-corrected chi connectivity index (χ4v) is 10.7. The summed E-state index contributed by atoms with van der Waals surface area (Å²) in [5, 5.41) is 1.11. The largest absolute Gasteiger partial charge is 0.466 e. The van der Waals surface area contributed by atoms with Crippen LogP contribution in [0.5, 0.6) is 0 Å². The summed E-state index contributed by atoms with van der Waals surface area (Å²) in [6.07, 6.45) is 2.33. The summed E-state index contributed by atoms with van der Waals surface area (Å²) < 4.78 is 7.33. The smallest absolute Gasteiger partial charge is 0.375 e. The van der Waals surface area contributed by atoms with Crippen molar-refractivity contribution >= 4 is 57.4 Å². The van der Waals surface area contributed by atoms with Crippen molar-refractivity contribution in [3.63, 3.8) is 0 Å². The number of para-hydroxylation sites is 1. The lowest BCUT2D eigenvalue weighted by molar-refractivity contribution is 0.332. The molecular formula is C57H53BN2O. The summed E-state index contributed by atoms with van der Waals surface area (Å²) in [5.41, 5.74) is 21.9. The van der Waals surface area contributed by atoms with E-state index in [4.69, 9.17) is 4.42 Å². The first-order chi connectivity index (χ1) is 29.3. The summed E-state index contributed by atoms with van der Waals surface area (Å²) in [5.74, 6) is 0. The Morgan fingerprint density at radius 2 is 1.25 bits per heavy atom. The Bertz CT molecular complexity index is 3040. The Labute approximate surface area is 361 Å². The fourth-order valence-electron chi connectivity index (χ4n) is 10.7. The minimum Gasteiger partial charge on any atom is -0.466 e. The van der Waals surface area contributed by atoms with Gasteiger partial charge in [0, 0.05) is 33.6 Å². The van der Waals surface area contributed by atoms with Crippen LogP contribution in [0.3, 0.4) is 0 Å². The molecule has 0 fully saturated rings. The number of anilines is 5. The van der Waals surface area contributed by atoms with E-state index in [2.05, 4.69) is 217 Å². The number of furan rings is 1. The average Bonchev–Trinajstić information content (AvgIpc) is 3.64. The topological polar surface area (TPSA) is 19.6 Å². The molecule has 8 aromatic rings. The van der Waals surface area contributed by atoms with Crippen LogP contribution in [0.4, 0.5) is 28.4 Å². The number of hydrogen-bond acceptors (Lipinski definition) is 3. The second kappa shape index (κ2) is 13.4. The van der Waals surface area contributed by atoms with Gasteiger partial charge in [0.05, 0.1) is 11.4 Å².